The van der Waals surface area contributed by atoms with Crippen LogP contribution in [0, 0.1) is 6.92 Å². The van der Waals surface area contributed by atoms with Gasteiger partial charge in [-0.25, -0.2) is 0 Å². The number of benzene rings is 4. The van der Waals surface area contributed by atoms with Gasteiger partial charge in [-0.15, -0.1) is 0 Å². The van der Waals surface area contributed by atoms with Gasteiger partial charge in [0.1, 0.15) is 0 Å². The van der Waals surface area contributed by atoms with Crippen molar-refractivity contribution >= 4 is 21.5 Å². The zero-order valence-electron chi connectivity index (χ0n) is 16.8. The summed E-state index contributed by atoms with van der Waals surface area (Å²) in [5, 5.41) is 5.28. The van der Waals surface area contributed by atoms with E-state index >= 15 is 0 Å². The Labute approximate surface area is 169 Å². The van der Waals surface area contributed by atoms with E-state index in [0.717, 1.165) is 19.3 Å². The van der Waals surface area contributed by atoms with Crippen molar-refractivity contribution < 1.29 is 0 Å². The van der Waals surface area contributed by atoms with Crippen LogP contribution in [0.2, 0.25) is 0 Å². The fourth-order valence-corrected chi connectivity index (χ4v) is 4.62. The number of fused-ring (bicyclic) bond motifs is 2. The third kappa shape index (κ3) is 3.44. The number of hydrogen-bond acceptors (Lipinski definition) is 0. The molecule has 4 aromatic rings. The monoisotopic (exact) mass is 365 g/mol. The molecule has 0 amide bonds. The molecule has 4 rings (SSSR count). The van der Waals surface area contributed by atoms with Crippen LogP contribution >= 0.6 is 0 Å². The van der Waals surface area contributed by atoms with Crippen LogP contribution in [0.4, 0.5) is 0 Å². The zero-order chi connectivity index (χ0) is 19.4. The minimum Gasteiger partial charge on any atom is -0.0642 e. The van der Waals surface area contributed by atoms with Gasteiger partial charge in [0.05, 0.1) is 0 Å². The summed E-state index contributed by atoms with van der Waals surface area (Å²) in [5.41, 5.74) is 2.92. The lowest BCUT2D eigenvalue weighted by Gasteiger charge is -2.35. The third-order valence-corrected chi connectivity index (χ3v) is 6.31. The first kappa shape index (κ1) is 18.7. The maximum Gasteiger partial charge on any atom is 0.0200 e. The fraction of sp³-hybridized carbons (Fsp3) is 0.250. The summed E-state index contributed by atoms with van der Waals surface area (Å²) in [7, 11) is 0. The van der Waals surface area contributed by atoms with Gasteiger partial charge >= 0.3 is 0 Å². The minimum absolute atomic E-state index is 0.0449. The van der Waals surface area contributed by atoms with Gasteiger partial charge in [0, 0.05) is 5.41 Å². The van der Waals surface area contributed by atoms with Gasteiger partial charge in [-0.1, -0.05) is 118 Å². The molecule has 1 radical (unpaired) electrons. The Hall–Kier alpha value is -2.60. The van der Waals surface area contributed by atoms with Crippen molar-refractivity contribution in [3.63, 3.8) is 0 Å². The summed E-state index contributed by atoms with van der Waals surface area (Å²) >= 11 is 0. The first-order valence-electron chi connectivity index (χ1n) is 10.5. The Morgan fingerprint density at radius 1 is 0.643 bits per heavy atom. The Kier molecular flexibility index (Phi) is 5.48. The molecule has 0 aromatic heterocycles. The van der Waals surface area contributed by atoms with Gasteiger partial charge in [0.25, 0.3) is 0 Å². The van der Waals surface area contributed by atoms with Crippen molar-refractivity contribution in [3.8, 4) is 0 Å². The normalized spacial score (nSPS) is 11.9. The van der Waals surface area contributed by atoms with Crippen molar-refractivity contribution in [2.24, 2.45) is 0 Å². The van der Waals surface area contributed by atoms with E-state index in [9.17, 15) is 0 Å². The number of unbranched alkanes of at least 4 members (excludes halogenated alkanes) is 2. The molecule has 0 heteroatoms. The summed E-state index contributed by atoms with van der Waals surface area (Å²) in [6.45, 7) is 6.40. The molecule has 0 saturated heterocycles. The maximum atomic E-state index is 4.06. The van der Waals surface area contributed by atoms with Crippen molar-refractivity contribution in [1.29, 1.82) is 0 Å². The largest absolute Gasteiger partial charge is 0.0642 e. The minimum atomic E-state index is 0.0449. The second-order valence-corrected chi connectivity index (χ2v) is 7.87. The van der Waals surface area contributed by atoms with Crippen molar-refractivity contribution in [2.75, 3.05) is 0 Å². The van der Waals surface area contributed by atoms with Crippen molar-refractivity contribution in [1.82, 2.24) is 0 Å². The Morgan fingerprint density at radius 2 is 1.14 bits per heavy atom. The topological polar surface area (TPSA) is 0 Å². The average molecular weight is 366 g/mol. The van der Waals surface area contributed by atoms with Crippen LogP contribution in [0.1, 0.15) is 50.2 Å². The summed E-state index contributed by atoms with van der Waals surface area (Å²) in [5.74, 6) is 0. The smallest absolute Gasteiger partial charge is 0.0200 e. The highest BCUT2D eigenvalue weighted by Gasteiger charge is 2.32. The predicted molar refractivity (Wildman–Crippen MR) is 123 cm³/mol. The van der Waals surface area contributed by atoms with Crippen LogP contribution in [-0.4, -0.2) is 0 Å². The third-order valence-electron chi connectivity index (χ3n) is 6.31. The van der Waals surface area contributed by atoms with Crippen LogP contribution in [0.5, 0.6) is 0 Å². The lowest BCUT2D eigenvalue weighted by atomic mass is 9.68. The van der Waals surface area contributed by atoms with Gasteiger partial charge in [0.15, 0.2) is 0 Å². The molecule has 0 aliphatic carbocycles. The van der Waals surface area contributed by atoms with E-state index < -0.39 is 0 Å². The molecule has 4 aromatic carbocycles. The van der Waals surface area contributed by atoms with Gasteiger partial charge in [-0.05, 0) is 45.5 Å². The number of hydrogen-bond donors (Lipinski definition) is 0. The Bertz CT molecular complexity index is 994. The van der Waals surface area contributed by atoms with Crippen LogP contribution in [0.3, 0.4) is 0 Å². The second-order valence-electron chi connectivity index (χ2n) is 7.87. The van der Waals surface area contributed by atoms with E-state index in [1.807, 2.05) is 0 Å². The van der Waals surface area contributed by atoms with Crippen LogP contribution in [0.25, 0.3) is 21.5 Å². The van der Waals surface area contributed by atoms with Gasteiger partial charge in [-0.2, -0.15) is 0 Å². The summed E-state index contributed by atoms with van der Waals surface area (Å²) < 4.78 is 0. The van der Waals surface area contributed by atoms with Crippen LogP contribution in [-0.2, 0) is 5.41 Å². The lowest BCUT2D eigenvalue weighted by Crippen LogP contribution is -2.27. The highest BCUT2D eigenvalue weighted by atomic mass is 14.4. The quantitative estimate of drug-likeness (QED) is 0.290. The van der Waals surface area contributed by atoms with Crippen molar-refractivity contribution in [3.05, 3.63) is 103 Å². The van der Waals surface area contributed by atoms with Crippen LogP contribution in [0.15, 0.2) is 84.9 Å². The predicted octanol–water partition coefficient (Wildman–Crippen LogP) is 8.08. The molecule has 141 valence electrons. The second kappa shape index (κ2) is 8.19. The van der Waals surface area contributed by atoms with E-state index in [1.165, 1.54) is 45.5 Å². The lowest BCUT2D eigenvalue weighted by molar-refractivity contribution is 0.434. The molecule has 0 spiro atoms. The van der Waals surface area contributed by atoms with E-state index in [4.69, 9.17) is 0 Å². The van der Waals surface area contributed by atoms with Gasteiger partial charge in [-0.3, -0.25) is 0 Å². The van der Waals surface area contributed by atoms with Gasteiger partial charge in [0.2, 0.25) is 0 Å². The van der Waals surface area contributed by atoms with Crippen LogP contribution < -0.4 is 0 Å². The van der Waals surface area contributed by atoms with Crippen molar-refractivity contribution in [2.45, 2.75) is 44.4 Å². The van der Waals surface area contributed by atoms with Gasteiger partial charge < -0.3 is 0 Å². The molecule has 0 nitrogen and oxygen atoms in total. The maximum absolute atomic E-state index is 4.06. The highest BCUT2D eigenvalue weighted by molar-refractivity contribution is 5.85. The zero-order valence-corrected chi connectivity index (χ0v) is 16.8. The first-order valence-corrected chi connectivity index (χ1v) is 10.5. The highest BCUT2D eigenvalue weighted by Crippen LogP contribution is 2.42. The molecule has 0 saturated carbocycles. The molecule has 0 aliphatic heterocycles. The van der Waals surface area contributed by atoms with E-state index in [-0.39, 0.29) is 5.41 Å². The average Bonchev–Trinajstić information content (AvgIpc) is 2.76. The molecule has 0 fully saturated rings. The van der Waals surface area contributed by atoms with E-state index in [1.54, 1.807) is 0 Å². The van der Waals surface area contributed by atoms with E-state index in [0.29, 0.717) is 0 Å². The molecule has 0 unspecified atom stereocenters. The summed E-state index contributed by atoms with van der Waals surface area (Å²) in [6.07, 6.45) is 5.66. The Balaban J connectivity index is 1.88. The Morgan fingerprint density at radius 3 is 1.61 bits per heavy atom. The fourth-order valence-electron chi connectivity index (χ4n) is 4.62. The molecule has 28 heavy (non-hydrogen) atoms. The first-order chi connectivity index (χ1) is 13.8. The number of rotatable bonds is 7. The van der Waals surface area contributed by atoms with E-state index in [2.05, 4.69) is 98.8 Å². The molecular weight excluding hydrogens is 336 g/mol. The SMILES string of the molecule is [CH2]CCCCC(CC)(c1ccc2ccccc2c1)c1ccc2ccccc2c1. The standard InChI is InChI=1S/C28H29/c1-3-5-10-19-28(4-2,26-17-15-22-11-6-8-13-24(22)20-26)27-18-16-23-12-7-9-14-25(23)21-27/h6-9,11-18,20-21H,1,3-5,10,19H2,2H3. The molecule has 0 bridgehead atoms. The molecule has 0 heterocycles. The molecule has 0 N–H and O–H groups in total. The molecule has 0 aliphatic rings. The molecule has 0 atom stereocenters. The summed E-state index contributed by atoms with van der Waals surface area (Å²) in [4.78, 5) is 0. The summed E-state index contributed by atoms with van der Waals surface area (Å²) in [6, 6.07) is 31.5. The molecular formula is C28H29.